The molecule has 0 aliphatic carbocycles. The molecule has 2 atom stereocenters. The summed E-state index contributed by atoms with van der Waals surface area (Å²) in [7, 11) is 0. The van der Waals surface area contributed by atoms with Gasteiger partial charge >= 0.3 is 0 Å². The van der Waals surface area contributed by atoms with Crippen molar-refractivity contribution >= 4 is 11.8 Å². The maximum atomic E-state index is 9.99. The quantitative estimate of drug-likeness (QED) is 0.881. The molecule has 1 aromatic rings. The number of hydrogen-bond donors (Lipinski definition) is 1. The van der Waals surface area contributed by atoms with Gasteiger partial charge in [-0.25, -0.2) is 0 Å². The van der Waals surface area contributed by atoms with Gasteiger partial charge < -0.3 is 9.84 Å². The Kier molecular flexibility index (Phi) is 5.52. The van der Waals surface area contributed by atoms with Crippen molar-refractivity contribution in [3.8, 4) is 11.8 Å². The molecule has 1 heterocycles. The van der Waals surface area contributed by atoms with Gasteiger partial charge in [0.05, 0.1) is 6.07 Å². The molecular formula is C14H18N2O2S. The van der Waals surface area contributed by atoms with E-state index in [1.165, 1.54) is 0 Å². The zero-order valence-corrected chi connectivity index (χ0v) is 11.6. The lowest BCUT2D eigenvalue weighted by atomic mass is 10.2. The minimum absolute atomic E-state index is 0.0925. The van der Waals surface area contributed by atoms with Crippen LogP contribution in [0.4, 0.5) is 0 Å². The van der Waals surface area contributed by atoms with Crippen molar-refractivity contribution in [2.45, 2.75) is 12.1 Å². The van der Waals surface area contributed by atoms with Gasteiger partial charge in [-0.05, 0) is 12.1 Å². The molecule has 0 spiro atoms. The molecule has 2 rings (SSSR count). The Morgan fingerprint density at radius 1 is 1.47 bits per heavy atom. The van der Waals surface area contributed by atoms with Crippen LogP contribution >= 0.6 is 11.8 Å². The Bertz CT molecular complexity index is 421. The number of nitrogens with zero attached hydrogens (tertiary/aromatic N) is 2. The highest BCUT2D eigenvalue weighted by molar-refractivity contribution is 7.99. The summed E-state index contributed by atoms with van der Waals surface area (Å²) in [4.78, 5) is 2.04. The maximum absolute atomic E-state index is 9.99. The van der Waals surface area contributed by atoms with Crippen molar-refractivity contribution in [1.29, 1.82) is 5.26 Å². The van der Waals surface area contributed by atoms with Crippen LogP contribution in [0.25, 0.3) is 0 Å². The summed E-state index contributed by atoms with van der Waals surface area (Å²) in [5.74, 6) is 2.60. The third-order valence-corrected chi connectivity index (χ3v) is 4.04. The third-order valence-electron chi connectivity index (χ3n) is 3.02. The summed E-state index contributed by atoms with van der Waals surface area (Å²) in [6.07, 6.45) is -0.570. The summed E-state index contributed by atoms with van der Waals surface area (Å²) in [5, 5.41) is 19.1. The SMILES string of the molecule is N#CC1CSCCN1CC(O)COc1ccccc1. The number of para-hydroxylation sites is 1. The molecule has 1 aliphatic rings. The van der Waals surface area contributed by atoms with Gasteiger partial charge in [0.15, 0.2) is 0 Å². The molecule has 2 unspecified atom stereocenters. The second-order valence-electron chi connectivity index (χ2n) is 4.49. The fourth-order valence-electron chi connectivity index (χ4n) is 2.01. The predicted molar refractivity (Wildman–Crippen MR) is 76.2 cm³/mol. The van der Waals surface area contributed by atoms with E-state index >= 15 is 0 Å². The molecule has 4 nitrogen and oxygen atoms in total. The smallest absolute Gasteiger partial charge is 0.119 e. The molecule has 19 heavy (non-hydrogen) atoms. The van der Waals surface area contributed by atoms with Crippen molar-refractivity contribution in [3.63, 3.8) is 0 Å². The lowest BCUT2D eigenvalue weighted by molar-refractivity contribution is 0.0642. The zero-order valence-electron chi connectivity index (χ0n) is 10.7. The molecular weight excluding hydrogens is 260 g/mol. The van der Waals surface area contributed by atoms with Crippen molar-refractivity contribution in [1.82, 2.24) is 4.90 Å². The number of rotatable bonds is 5. The van der Waals surface area contributed by atoms with Gasteiger partial charge in [-0.15, -0.1) is 0 Å². The number of aliphatic hydroxyl groups excluding tert-OH is 1. The van der Waals surface area contributed by atoms with Crippen LogP contribution in [0.15, 0.2) is 30.3 Å². The lowest BCUT2D eigenvalue weighted by Gasteiger charge is -2.32. The first kappa shape index (κ1) is 14.2. The Morgan fingerprint density at radius 3 is 3.00 bits per heavy atom. The number of ether oxygens (including phenoxy) is 1. The van der Waals surface area contributed by atoms with E-state index in [1.54, 1.807) is 11.8 Å². The Labute approximate surface area is 118 Å². The Balaban J connectivity index is 1.77. The highest BCUT2D eigenvalue weighted by atomic mass is 32.2. The Morgan fingerprint density at radius 2 is 2.26 bits per heavy atom. The summed E-state index contributed by atoms with van der Waals surface area (Å²) in [6, 6.07) is 11.6. The molecule has 102 valence electrons. The molecule has 0 saturated carbocycles. The molecule has 1 saturated heterocycles. The fraction of sp³-hybridized carbons (Fsp3) is 0.500. The molecule has 1 fully saturated rings. The minimum atomic E-state index is -0.570. The molecule has 1 aliphatic heterocycles. The second kappa shape index (κ2) is 7.39. The van der Waals surface area contributed by atoms with Crippen LogP contribution in [-0.2, 0) is 0 Å². The van der Waals surface area contributed by atoms with Gasteiger partial charge in [-0.1, -0.05) is 18.2 Å². The maximum Gasteiger partial charge on any atom is 0.119 e. The molecule has 0 aromatic heterocycles. The summed E-state index contributed by atoms with van der Waals surface area (Å²) in [5.41, 5.74) is 0. The average Bonchev–Trinajstić information content (AvgIpc) is 2.47. The molecule has 1 N–H and O–H groups in total. The topological polar surface area (TPSA) is 56.5 Å². The number of nitriles is 1. The minimum Gasteiger partial charge on any atom is -0.491 e. The number of aliphatic hydroxyl groups is 1. The largest absolute Gasteiger partial charge is 0.491 e. The van der Waals surface area contributed by atoms with E-state index in [1.807, 2.05) is 35.2 Å². The van der Waals surface area contributed by atoms with E-state index in [9.17, 15) is 5.11 Å². The van der Waals surface area contributed by atoms with Gasteiger partial charge in [0.25, 0.3) is 0 Å². The van der Waals surface area contributed by atoms with E-state index < -0.39 is 6.10 Å². The normalized spacial score (nSPS) is 21.6. The van der Waals surface area contributed by atoms with Crippen molar-refractivity contribution in [2.24, 2.45) is 0 Å². The van der Waals surface area contributed by atoms with Crippen LogP contribution in [0, 0.1) is 11.3 Å². The van der Waals surface area contributed by atoms with E-state index in [4.69, 9.17) is 10.00 Å². The number of benzene rings is 1. The third kappa shape index (κ3) is 4.43. The number of β-amino-alcohol motifs (C(OH)–C–C–N with tert-alkyl or cyclic N) is 1. The first-order chi connectivity index (χ1) is 9.29. The summed E-state index contributed by atoms with van der Waals surface area (Å²) in [6.45, 7) is 1.60. The van der Waals surface area contributed by atoms with Crippen LogP contribution in [0.5, 0.6) is 5.75 Å². The van der Waals surface area contributed by atoms with Crippen LogP contribution in [-0.4, -0.2) is 53.4 Å². The fourth-order valence-corrected chi connectivity index (χ4v) is 3.05. The zero-order chi connectivity index (χ0) is 13.5. The standard InChI is InChI=1S/C14H18N2O2S/c15-8-12-11-19-7-6-16(12)9-13(17)10-18-14-4-2-1-3-5-14/h1-5,12-13,17H,6-7,9-11H2. The molecule has 0 radical (unpaired) electrons. The van der Waals surface area contributed by atoms with Gasteiger partial charge in [0.2, 0.25) is 0 Å². The lowest BCUT2D eigenvalue weighted by Crippen LogP contribution is -2.46. The van der Waals surface area contributed by atoms with Crippen molar-refractivity contribution in [3.05, 3.63) is 30.3 Å². The number of hydrogen-bond acceptors (Lipinski definition) is 5. The first-order valence-corrected chi connectivity index (χ1v) is 7.52. The van der Waals surface area contributed by atoms with E-state index in [0.29, 0.717) is 6.54 Å². The monoisotopic (exact) mass is 278 g/mol. The van der Waals surface area contributed by atoms with Gasteiger partial charge in [-0.2, -0.15) is 17.0 Å². The Hall–Kier alpha value is -1.22. The van der Waals surface area contributed by atoms with Crippen LogP contribution in [0.3, 0.4) is 0 Å². The predicted octanol–water partition coefficient (Wildman–Crippen LogP) is 1.37. The number of thioether (sulfide) groups is 1. The van der Waals surface area contributed by atoms with Crippen molar-refractivity contribution in [2.75, 3.05) is 31.2 Å². The second-order valence-corrected chi connectivity index (χ2v) is 5.64. The van der Waals surface area contributed by atoms with Gasteiger partial charge in [0.1, 0.15) is 24.5 Å². The first-order valence-electron chi connectivity index (χ1n) is 6.37. The molecule has 0 bridgehead atoms. The van der Waals surface area contributed by atoms with E-state index in [2.05, 4.69) is 6.07 Å². The van der Waals surface area contributed by atoms with Crippen LogP contribution in [0.1, 0.15) is 0 Å². The average molecular weight is 278 g/mol. The molecule has 5 heteroatoms. The highest BCUT2D eigenvalue weighted by Gasteiger charge is 2.24. The van der Waals surface area contributed by atoms with Crippen LogP contribution < -0.4 is 4.74 Å². The molecule has 0 amide bonds. The summed E-state index contributed by atoms with van der Waals surface area (Å²) >= 11 is 1.79. The van der Waals surface area contributed by atoms with E-state index in [-0.39, 0.29) is 12.6 Å². The van der Waals surface area contributed by atoms with Gasteiger partial charge in [0, 0.05) is 24.6 Å². The van der Waals surface area contributed by atoms with Gasteiger partial charge in [-0.3, -0.25) is 4.90 Å². The van der Waals surface area contributed by atoms with Crippen molar-refractivity contribution < 1.29 is 9.84 Å². The summed E-state index contributed by atoms with van der Waals surface area (Å²) < 4.78 is 5.51. The highest BCUT2D eigenvalue weighted by Crippen LogP contribution is 2.16. The van der Waals surface area contributed by atoms with Crippen LogP contribution in [0.2, 0.25) is 0 Å². The van der Waals surface area contributed by atoms with E-state index in [0.717, 1.165) is 23.8 Å². The molecule has 1 aromatic carbocycles.